The van der Waals surface area contributed by atoms with Crippen LogP contribution in [0.15, 0.2) is 18.2 Å². The molecule has 1 unspecified atom stereocenters. The van der Waals surface area contributed by atoms with Crippen molar-refractivity contribution < 1.29 is 9.66 Å². The quantitative estimate of drug-likeness (QED) is 0.612. The van der Waals surface area contributed by atoms with E-state index in [2.05, 4.69) is 12.2 Å². The fraction of sp³-hybridized carbons (Fsp3) is 0.500. The number of hydrogen-bond acceptors (Lipinski definition) is 4. The molecule has 0 saturated carbocycles. The molecule has 0 radical (unpaired) electrons. The zero-order chi connectivity index (χ0) is 13.5. The molecule has 0 fully saturated rings. The van der Waals surface area contributed by atoms with Gasteiger partial charge in [0.15, 0.2) is 0 Å². The van der Waals surface area contributed by atoms with E-state index >= 15 is 0 Å². The first kappa shape index (κ1) is 14.9. The molecular weight excluding hydrogens is 256 g/mol. The van der Waals surface area contributed by atoms with Gasteiger partial charge in [-0.3, -0.25) is 10.1 Å². The smallest absolute Gasteiger partial charge is 0.270 e. The van der Waals surface area contributed by atoms with Crippen molar-refractivity contribution in [1.82, 2.24) is 5.32 Å². The minimum Gasteiger partial charge on any atom is -0.384 e. The number of ether oxygens (including phenoxy) is 1. The van der Waals surface area contributed by atoms with Crippen LogP contribution < -0.4 is 5.32 Å². The fourth-order valence-electron chi connectivity index (χ4n) is 1.59. The van der Waals surface area contributed by atoms with Crippen molar-refractivity contribution in [2.75, 3.05) is 20.3 Å². The zero-order valence-corrected chi connectivity index (χ0v) is 11.2. The number of non-ortho nitro benzene ring substituents is 1. The highest BCUT2D eigenvalue weighted by Gasteiger charge is 2.09. The highest BCUT2D eigenvalue weighted by molar-refractivity contribution is 6.31. The summed E-state index contributed by atoms with van der Waals surface area (Å²) < 4.78 is 5.03. The minimum atomic E-state index is -0.455. The highest BCUT2D eigenvalue weighted by atomic mass is 35.5. The number of halogens is 1. The van der Waals surface area contributed by atoms with Crippen LogP contribution in [0.5, 0.6) is 0 Å². The van der Waals surface area contributed by atoms with Gasteiger partial charge in [-0.1, -0.05) is 18.5 Å². The normalized spacial score (nSPS) is 12.4. The second kappa shape index (κ2) is 7.31. The lowest BCUT2D eigenvalue weighted by molar-refractivity contribution is -0.384. The van der Waals surface area contributed by atoms with Crippen molar-refractivity contribution in [1.29, 1.82) is 0 Å². The first-order valence-corrected chi connectivity index (χ1v) is 6.05. The van der Waals surface area contributed by atoms with E-state index < -0.39 is 4.92 Å². The number of methoxy groups -OCH3 is 1. The molecule has 100 valence electrons. The van der Waals surface area contributed by atoms with Gasteiger partial charge >= 0.3 is 0 Å². The van der Waals surface area contributed by atoms with E-state index in [0.29, 0.717) is 24.1 Å². The van der Waals surface area contributed by atoms with E-state index in [-0.39, 0.29) is 5.69 Å². The summed E-state index contributed by atoms with van der Waals surface area (Å²) in [6.07, 6.45) is 0. The standard InChI is InChI=1S/C12H17ClN2O3/c1-9(8-18-2)6-14-7-10-3-4-11(15(16)17)5-12(10)13/h3-5,9,14H,6-8H2,1-2H3. The number of benzene rings is 1. The zero-order valence-electron chi connectivity index (χ0n) is 10.5. The average Bonchev–Trinajstić information content (AvgIpc) is 2.31. The number of nitrogens with one attached hydrogen (secondary N) is 1. The Hall–Kier alpha value is -1.17. The molecule has 1 rings (SSSR count). The molecule has 1 aromatic carbocycles. The lowest BCUT2D eigenvalue weighted by Gasteiger charge is -2.12. The van der Waals surface area contributed by atoms with Crippen LogP contribution in [-0.2, 0) is 11.3 Å². The molecule has 0 aliphatic heterocycles. The third kappa shape index (κ3) is 4.60. The summed E-state index contributed by atoms with van der Waals surface area (Å²) in [6, 6.07) is 4.51. The van der Waals surface area contributed by atoms with Gasteiger partial charge in [0.05, 0.1) is 9.95 Å². The molecule has 0 spiro atoms. The Balaban J connectivity index is 2.50. The third-order valence-corrected chi connectivity index (χ3v) is 2.86. The second-order valence-electron chi connectivity index (χ2n) is 4.22. The maximum absolute atomic E-state index is 10.6. The van der Waals surface area contributed by atoms with Gasteiger partial charge < -0.3 is 10.1 Å². The van der Waals surface area contributed by atoms with Gasteiger partial charge in [-0.25, -0.2) is 0 Å². The number of nitro benzene ring substituents is 1. The largest absolute Gasteiger partial charge is 0.384 e. The monoisotopic (exact) mass is 272 g/mol. The molecule has 0 aromatic heterocycles. The van der Waals surface area contributed by atoms with E-state index in [1.165, 1.54) is 12.1 Å². The third-order valence-electron chi connectivity index (χ3n) is 2.51. The summed E-state index contributed by atoms with van der Waals surface area (Å²) in [5.41, 5.74) is 0.864. The number of nitro groups is 1. The summed E-state index contributed by atoms with van der Waals surface area (Å²) >= 11 is 5.98. The van der Waals surface area contributed by atoms with Gasteiger partial charge in [0, 0.05) is 38.9 Å². The first-order chi connectivity index (χ1) is 8.54. The van der Waals surface area contributed by atoms with Crippen molar-refractivity contribution >= 4 is 17.3 Å². The van der Waals surface area contributed by atoms with Crippen molar-refractivity contribution in [2.45, 2.75) is 13.5 Å². The molecule has 5 nitrogen and oxygen atoms in total. The van der Waals surface area contributed by atoms with Crippen LogP contribution in [0, 0.1) is 16.0 Å². The van der Waals surface area contributed by atoms with Gasteiger partial charge in [-0.05, 0) is 17.5 Å². The van der Waals surface area contributed by atoms with Crippen LogP contribution in [-0.4, -0.2) is 25.2 Å². The van der Waals surface area contributed by atoms with Crippen LogP contribution in [0.4, 0.5) is 5.69 Å². The summed E-state index contributed by atoms with van der Waals surface area (Å²) in [5.74, 6) is 0.409. The maximum atomic E-state index is 10.6. The SMILES string of the molecule is COCC(C)CNCc1ccc([N+](=O)[O-])cc1Cl. The van der Waals surface area contributed by atoms with Gasteiger partial charge in [-0.15, -0.1) is 0 Å². The van der Waals surface area contributed by atoms with Crippen molar-refractivity contribution in [2.24, 2.45) is 5.92 Å². The molecule has 0 saturated heterocycles. The summed E-state index contributed by atoms with van der Waals surface area (Å²) in [5, 5.41) is 14.2. The molecule has 0 aliphatic carbocycles. The Morgan fingerprint density at radius 2 is 2.28 bits per heavy atom. The predicted octanol–water partition coefficient (Wildman–Crippen LogP) is 2.62. The van der Waals surface area contributed by atoms with Crippen molar-refractivity contribution in [3.8, 4) is 0 Å². The maximum Gasteiger partial charge on any atom is 0.270 e. The molecule has 0 amide bonds. The van der Waals surface area contributed by atoms with Crippen LogP contribution in [0.3, 0.4) is 0 Å². The van der Waals surface area contributed by atoms with Crippen LogP contribution in [0.1, 0.15) is 12.5 Å². The van der Waals surface area contributed by atoms with E-state index in [9.17, 15) is 10.1 Å². The van der Waals surface area contributed by atoms with E-state index in [0.717, 1.165) is 12.1 Å². The topological polar surface area (TPSA) is 64.4 Å². The summed E-state index contributed by atoms with van der Waals surface area (Å²) in [4.78, 5) is 10.1. The lowest BCUT2D eigenvalue weighted by atomic mass is 10.1. The van der Waals surface area contributed by atoms with Gasteiger partial charge in [-0.2, -0.15) is 0 Å². The molecule has 1 atom stereocenters. The Morgan fingerprint density at radius 1 is 1.56 bits per heavy atom. The highest BCUT2D eigenvalue weighted by Crippen LogP contribution is 2.22. The summed E-state index contributed by atoms with van der Waals surface area (Å²) in [6.45, 7) is 4.17. The van der Waals surface area contributed by atoms with Crippen molar-refractivity contribution in [3.63, 3.8) is 0 Å². The van der Waals surface area contributed by atoms with Gasteiger partial charge in [0.2, 0.25) is 0 Å². The molecule has 1 N–H and O–H groups in total. The van der Waals surface area contributed by atoms with E-state index in [1.54, 1.807) is 13.2 Å². The molecule has 0 bridgehead atoms. The molecule has 0 heterocycles. The Bertz CT molecular complexity index is 412. The Kier molecular flexibility index (Phi) is 6.04. The Morgan fingerprint density at radius 3 is 2.83 bits per heavy atom. The molecule has 6 heteroatoms. The minimum absolute atomic E-state index is 0.0106. The number of rotatable bonds is 7. The summed E-state index contributed by atoms with van der Waals surface area (Å²) in [7, 11) is 1.67. The van der Waals surface area contributed by atoms with E-state index in [4.69, 9.17) is 16.3 Å². The lowest BCUT2D eigenvalue weighted by Crippen LogP contribution is -2.23. The first-order valence-electron chi connectivity index (χ1n) is 5.67. The molecule has 1 aromatic rings. The molecular formula is C12H17ClN2O3. The second-order valence-corrected chi connectivity index (χ2v) is 4.63. The van der Waals surface area contributed by atoms with Crippen LogP contribution >= 0.6 is 11.6 Å². The van der Waals surface area contributed by atoms with Gasteiger partial charge in [0.25, 0.3) is 5.69 Å². The molecule has 0 aliphatic rings. The van der Waals surface area contributed by atoms with Crippen molar-refractivity contribution in [3.05, 3.63) is 38.9 Å². The number of hydrogen-bond donors (Lipinski definition) is 1. The van der Waals surface area contributed by atoms with E-state index in [1.807, 2.05) is 0 Å². The average molecular weight is 273 g/mol. The van der Waals surface area contributed by atoms with Crippen LogP contribution in [0.25, 0.3) is 0 Å². The predicted molar refractivity (Wildman–Crippen MR) is 70.9 cm³/mol. The van der Waals surface area contributed by atoms with Crippen LogP contribution in [0.2, 0.25) is 5.02 Å². The Labute approximate surface area is 111 Å². The molecule has 18 heavy (non-hydrogen) atoms. The number of nitrogens with zero attached hydrogens (tertiary/aromatic N) is 1. The van der Waals surface area contributed by atoms with Gasteiger partial charge in [0.1, 0.15) is 0 Å². The fourth-order valence-corrected chi connectivity index (χ4v) is 1.83.